The second-order valence-electron chi connectivity index (χ2n) is 7.17. The number of nitrogens with zero attached hydrogens (tertiary/aromatic N) is 6. The molecular formula is C20H25ClN8O. The van der Waals surface area contributed by atoms with Crippen LogP contribution in [0.3, 0.4) is 0 Å². The molecule has 1 aromatic carbocycles. The number of benzene rings is 1. The van der Waals surface area contributed by atoms with Gasteiger partial charge in [0.2, 0.25) is 11.7 Å². The molecule has 158 valence electrons. The lowest BCUT2D eigenvalue weighted by Crippen LogP contribution is -2.47. The van der Waals surface area contributed by atoms with E-state index in [-0.39, 0.29) is 6.04 Å². The number of aromatic nitrogens is 5. The maximum absolute atomic E-state index is 6.03. The van der Waals surface area contributed by atoms with Gasteiger partial charge in [-0.05, 0) is 32.4 Å². The van der Waals surface area contributed by atoms with E-state index >= 15 is 0 Å². The zero-order chi connectivity index (χ0) is 20.9. The first kappa shape index (κ1) is 20.3. The van der Waals surface area contributed by atoms with Gasteiger partial charge in [0.05, 0.1) is 13.1 Å². The Kier molecular flexibility index (Phi) is 6.27. The maximum Gasteiger partial charge on any atom is 0.228 e. The van der Waals surface area contributed by atoms with Crippen molar-refractivity contribution in [3.63, 3.8) is 0 Å². The summed E-state index contributed by atoms with van der Waals surface area (Å²) in [7, 11) is 0. The predicted molar refractivity (Wildman–Crippen MR) is 114 cm³/mol. The van der Waals surface area contributed by atoms with Gasteiger partial charge < -0.3 is 15.2 Å². The van der Waals surface area contributed by atoms with E-state index in [9.17, 15) is 0 Å². The van der Waals surface area contributed by atoms with Crippen LogP contribution in [0.5, 0.6) is 0 Å². The Morgan fingerprint density at radius 1 is 1.37 bits per heavy atom. The van der Waals surface area contributed by atoms with E-state index in [0.29, 0.717) is 29.7 Å². The summed E-state index contributed by atoms with van der Waals surface area (Å²) >= 11 is 6.03. The van der Waals surface area contributed by atoms with E-state index in [0.717, 1.165) is 49.1 Å². The Hall–Kier alpha value is -2.94. The van der Waals surface area contributed by atoms with Crippen LogP contribution in [0.15, 0.2) is 33.8 Å². The lowest BCUT2D eigenvalue weighted by molar-refractivity contribution is 0.379. The van der Waals surface area contributed by atoms with Crippen molar-refractivity contribution in [1.29, 1.82) is 0 Å². The van der Waals surface area contributed by atoms with Gasteiger partial charge in [-0.25, -0.2) is 9.67 Å². The van der Waals surface area contributed by atoms with Crippen molar-refractivity contribution >= 4 is 17.6 Å². The molecule has 0 amide bonds. The molecule has 0 radical (unpaired) electrons. The molecular weight excluding hydrogens is 404 g/mol. The van der Waals surface area contributed by atoms with Gasteiger partial charge in [0.25, 0.3) is 0 Å². The summed E-state index contributed by atoms with van der Waals surface area (Å²) < 4.78 is 7.34. The molecule has 0 spiro atoms. The van der Waals surface area contributed by atoms with Crippen LogP contribution < -0.4 is 10.6 Å². The Morgan fingerprint density at radius 3 is 3.10 bits per heavy atom. The first-order valence-corrected chi connectivity index (χ1v) is 10.5. The summed E-state index contributed by atoms with van der Waals surface area (Å²) in [4.78, 5) is 13.6. The zero-order valence-electron chi connectivity index (χ0n) is 17.1. The lowest BCUT2D eigenvalue weighted by atomic mass is 10.1. The maximum atomic E-state index is 6.03. The topological polar surface area (TPSA) is 106 Å². The van der Waals surface area contributed by atoms with Gasteiger partial charge in [-0.1, -0.05) is 28.9 Å². The fraction of sp³-hybridized carbons (Fsp3) is 0.450. The minimum atomic E-state index is 0.259. The molecule has 0 aliphatic carbocycles. The normalized spacial score (nSPS) is 16.4. The monoisotopic (exact) mass is 428 g/mol. The van der Waals surface area contributed by atoms with Crippen LogP contribution in [0.25, 0.3) is 11.4 Å². The molecule has 10 heteroatoms. The third-order valence-electron chi connectivity index (χ3n) is 4.80. The number of aliphatic imine (C=N–C) groups is 1. The molecule has 2 aromatic heterocycles. The molecule has 0 bridgehead atoms. The first-order chi connectivity index (χ1) is 14.6. The second kappa shape index (κ2) is 9.25. The van der Waals surface area contributed by atoms with Gasteiger partial charge in [-0.15, -0.1) is 0 Å². The summed E-state index contributed by atoms with van der Waals surface area (Å²) in [5, 5.41) is 15.9. The van der Waals surface area contributed by atoms with Gasteiger partial charge in [0.15, 0.2) is 5.96 Å². The molecule has 0 saturated carbocycles. The van der Waals surface area contributed by atoms with Crippen molar-refractivity contribution in [2.75, 3.05) is 13.1 Å². The van der Waals surface area contributed by atoms with Crippen molar-refractivity contribution in [2.24, 2.45) is 4.99 Å². The number of guanidine groups is 1. The molecule has 1 unspecified atom stereocenters. The Bertz CT molecular complexity index is 1030. The van der Waals surface area contributed by atoms with Crippen LogP contribution in [0.1, 0.15) is 30.9 Å². The second-order valence-corrected chi connectivity index (χ2v) is 7.61. The summed E-state index contributed by atoms with van der Waals surface area (Å²) in [6, 6.07) is 7.65. The van der Waals surface area contributed by atoms with Crippen LogP contribution in [-0.4, -0.2) is 50.0 Å². The van der Waals surface area contributed by atoms with Crippen LogP contribution in [-0.2, 0) is 19.4 Å². The number of hydrogen-bond acceptors (Lipinski definition) is 6. The van der Waals surface area contributed by atoms with Crippen molar-refractivity contribution in [1.82, 2.24) is 35.5 Å². The van der Waals surface area contributed by atoms with E-state index < -0.39 is 0 Å². The van der Waals surface area contributed by atoms with Crippen LogP contribution in [0, 0.1) is 6.92 Å². The highest BCUT2D eigenvalue weighted by atomic mass is 35.5. The molecule has 1 aliphatic heterocycles. The van der Waals surface area contributed by atoms with E-state index in [1.54, 1.807) is 0 Å². The number of hydrogen-bond donors (Lipinski definition) is 2. The van der Waals surface area contributed by atoms with Crippen LogP contribution >= 0.6 is 11.6 Å². The minimum absolute atomic E-state index is 0.259. The molecule has 3 heterocycles. The summed E-state index contributed by atoms with van der Waals surface area (Å²) in [6.07, 6.45) is 2.46. The highest BCUT2D eigenvalue weighted by molar-refractivity contribution is 6.30. The number of fused-ring (bicyclic) bond motifs is 1. The number of nitrogens with one attached hydrogen (secondary N) is 2. The fourth-order valence-corrected chi connectivity index (χ4v) is 3.62. The molecule has 2 N–H and O–H groups in total. The Balaban J connectivity index is 1.34. The highest BCUT2D eigenvalue weighted by Gasteiger charge is 2.21. The quantitative estimate of drug-likeness (QED) is 0.458. The summed E-state index contributed by atoms with van der Waals surface area (Å²) in [5.41, 5.74) is 0.830. The summed E-state index contributed by atoms with van der Waals surface area (Å²) in [5.74, 6) is 3.73. The van der Waals surface area contributed by atoms with Gasteiger partial charge >= 0.3 is 0 Å². The van der Waals surface area contributed by atoms with Crippen molar-refractivity contribution in [3.05, 3.63) is 46.8 Å². The van der Waals surface area contributed by atoms with Gasteiger partial charge in [-0.3, -0.25) is 4.99 Å². The average molecular weight is 429 g/mol. The minimum Gasteiger partial charge on any atom is -0.357 e. The van der Waals surface area contributed by atoms with E-state index in [4.69, 9.17) is 16.1 Å². The van der Waals surface area contributed by atoms with Gasteiger partial charge in [-0.2, -0.15) is 10.1 Å². The molecule has 30 heavy (non-hydrogen) atoms. The number of rotatable bonds is 6. The van der Waals surface area contributed by atoms with Crippen molar-refractivity contribution in [3.8, 4) is 11.4 Å². The molecule has 0 fully saturated rings. The predicted octanol–water partition coefficient (Wildman–Crippen LogP) is 2.40. The third-order valence-corrected chi connectivity index (χ3v) is 5.03. The average Bonchev–Trinajstić information content (AvgIpc) is 3.33. The van der Waals surface area contributed by atoms with Crippen molar-refractivity contribution < 1.29 is 4.52 Å². The number of halogens is 1. The van der Waals surface area contributed by atoms with Gasteiger partial charge in [0, 0.05) is 36.0 Å². The number of aryl methyl sites for hydroxylation is 2. The van der Waals surface area contributed by atoms with Crippen molar-refractivity contribution in [2.45, 2.75) is 45.7 Å². The molecule has 4 rings (SSSR count). The van der Waals surface area contributed by atoms with Gasteiger partial charge in [0.1, 0.15) is 11.6 Å². The Morgan fingerprint density at radius 2 is 2.27 bits per heavy atom. The fourth-order valence-electron chi connectivity index (χ4n) is 3.43. The third kappa shape index (κ3) is 4.96. The molecule has 0 saturated heterocycles. The largest absolute Gasteiger partial charge is 0.357 e. The van der Waals surface area contributed by atoms with E-state index in [2.05, 4.69) is 35.8 Å². The zero-order valence-corrected chi connectivity index (χ0v) is 17.9. The molecule has 1 aliphatic rings. The Labute approximate surface area is 179 Å². The standard InChI is InChI=1S/C20H25ClN8O/c1-3-22-20(25-16-7-8-17-24-13(2)27-29(17)12-16)23-10-9-18-26-19(28-30-18)14-5-4-6-15(21)11-14/h4-6,11,16H,3,7-10,12H2,1-2H3,(H2,22,23,25). The molecule has 9 nitrogen and oxygen atoms in total. The van der Waals surface area contributed by atoms with E-state index in [1.807, 2.05) is 42.8 Å². The summed E-state index contributed by atoms with van der Waals surface area (Å²) in [6.45, 7) is 6.08. The van der Waals surface area contributed by atoms with Crippen LogP contribution in [0.2, 0.25) is 5.02 Å². The lowest BCUT2D eigenvalue weighted by Gasteiger charge is -2.25. The van der Waals surface area contributed by atoms with E-state index in [1.165, 1.54) is 0 Å². The molecule has 3 aromatic rings. The van der Waals surface area contributed by atoms with Crippen LogP contribution in [0.4, 0.5) is 0 Å². The first-order valence-electron chi connectivity index (χ1n) is 10.1. The smallest absolute Gasteiger partial charge is 0.228 e. The highest BCUT2D eigenvalue weighted by Crippen LogP contribution is 2.20. The molecule has 1 atom stereocenters. The SMILES string of the molecule is CCNC(=NCCc1nc(-c2cccc(Cl)c2)no1)NC1CCc2nc(C)nn2C1.